The number of ether oxygens (including phenoxy) is 1. The summed E-state index contributed by atoms with van der Waals surface area (Å²) in [5.74, 6) is 0.222. The fourth-order valence-corrected chi connectivity index (χ4v) is 3.21. The molecule has 0 saturated carbocycles. The first-order chi connectivity index (χ1) is 6.61. The second-order valence-corrected chi connectivity index (χ2v) is 6.33. The maximum atomic E-state index is 10.5. The summed E-state index contributed by atoms with van der Waals surface area (Å²) in [6.45, 7) is 12.5. The molecule has 1 fully saturated rings. The maximum Gasteiger partial charge on any atom is 0.0690 e. The summed E-state index contributed by atoms with van der Waals surface area (Å²) in [5.41, 5.74) is -0.930. The maximum absolute atomic E-state index is 10.5. The molecule has 2 unspecified atom stereocenters. The van der Waals surface area contributed by atoms with Crippen molar-refractivity contribution in [1.82, 2.24) is 0 Å². The molecule has 1 heterocycles. The van der Waals surface area contributed by atoms with E-state index in [1.165, 1.54) is 0 Å². The van der Waals surface area contributed by atoms with Gasteiger partial charge in [-0.2, -0.15) is 0 Å². The molecule has 15 heavy (non-hydrogen) atoms. The van der Waals surface area contributed by atoms with Crippen molar-refractivity contribution in [3.63, 3.8) is 0 Å². The molecule has 1 saturated heterocycles. The predicted octanol–water partition coefficient (Wildman–Crippen LogP) is 3.13. The van der Waals surface area contributed by atoms with Crippen LogP contribution < -0.4 is 0 Å². The van der Waals surface area contributed by atoms with E-state index in [2.05, 4.69) is 34.6 Å². The van der Waals surface area contributed by atoms with E-state index in [-0.39, 0.29) is 17.1 Å². The van der Waals surface area contributed by atoms with E-state index in [1.54, 1.807) is 0 Å². The van der Waals surface area contributed by atoms with Crippen molar-refractivity contribution in [2.75, 3.05) is 0 Å². The van der Waals surface area contributed by atoms with Crippen LogP contribution in [0.2, 0.25) is 0 Å². The van der Waals surface area contributed by atoms with Gasteiger partial charge in [0, 0.05) is 5.92 Å². The van der Waals surface area contributed by atoms with Crippen molar-refractivity contribution < 1.29 is 9.84 Å². The third-order valence-electron chi connectivity index (χ3n) is 3.58. The van der Waals surface area contributed by atoms with Crippen LogP contribution in [0.3, 0.4) is 0 Å². The number of hydrogen-bond acceptors (Lipinski definition) is 2. The molecule has 90 valence electrons. The van der Waals surface area contributed by atoms with E-state index in [0.29, 0.717) is 0 Å². The molecule has 2 heteroatoms. The van der Waals surface area contributed by atoms with Gasteiger partial charge in [0.15, 0.2) is 0 Å². The topological polar surface area (TPSA) is 29.5 Å². The van der Waals surface area contributed by atoms with Crippen LogP contribution in [0, 0.1) is 5.92 Å². The Bertz CT molecular complexity index is 229. The Hall–Kier alpha value is -0.0800. The molecule has 0 aromatic heterocycles. The number of hydrogen-bond donors (Lipinski definition) is 1. The van der Waals surface area contributed by atoms with Crippen LogP contribution in [0.15, 0.2) is 0 Å². The SMILES string of the molecule is CCCC(C)(O)C1CC(C)(C)OC1(C)C. The molecule has 0 spiro atoms. The van der Waals surface area contributed by atoms with Gasteiger partial charge in [-0.05, 0) is 47.5 Å². The Kier molecular flexibility index (Phi) is 3.24. The van der Waals surface area contributed by atoms with Gasteiger partial charge in [-0.1, -0.05) is 13.3 Å². The Labute approximate surface area is 94.0 Å². The molecule has 1 rings (SSSR count). The lowest BCUT2D eigenvalue weighted by molar-refractivity contribution is -0.110. The second-order valence-electron chi connectivity index (χ2n) is 6.33. The summed E-state index contributed by atoms with van der Waals surface area (Å²) < 4.78 is 6.02. The van der Waals surface area contributed by atoms with Gasteiger partial charge in [0.2, 0.25) is 0 Å². The van der Waals surface area contributed by atoms with Gasteiger partial charge >= 0.3 is 0 Å². The van der Waals surface area contributed by atoms with Crippen LogP contribution in [0.25, 0.3) is 0 Å². The molecule has 2 nitrogen and oxygen atoms in total. The third-order valence-corrected chi connectivity index (χ3v) is 3.58. The fraction of sp³-hybridized carbons (Fsp3) is 1.00. The molecule has 0 aromatic rings. The molecule has 0 amide bonds. The largest absolute Gasteiger partial charge is 0.390 e. The van der Waals surface area contributed by atoms with Gasteiger partial charge in [-0.3, -0.25) is 0 Å². The molecule has 1 aliphatic rings. The van der Waals surface area contributed by atoms with E-state index in [0.717, 1.165) is 19.3 Å². The van der Waals surface area contributed by atoms with Crippen molar-refractivity contribution in [3.05, 3.63) is 0 Å². The van der Waals surface area contributed by atoms with Gasteiger partial charge in [0.1, 0.15) is 0 Å². The minimum Gasteiger partial charge on any atom is -0.390 e. The lowest BCUT2D eigenvalue weighted by Gasteiger charge is -2.37. The Morgan fingerprint density at radius 1 is 1.33 bits per heavy atom. The fourth-order valence-electron chi connectivity index (χ4n) is 3.21. The van der Waals surface area contributed by atoms with Gasteiger partial charge in [0.25, 0.3) is 0 Å². The average Bonchev–Trinajstić information content (AvgIpc) is 2.19. The van der Waals surface area contributed by atoms with Gasteiger partial charge in [-0.25, -0.2) is 0 Å². The van der Waals surface area contributed by atoms with E-state index in [9.17, 15) is 5.11 Å². The first-order valence-corrected chi connectivity index (χ1v) is 6.03. The van der Waals surface area contributed by atoms with Crippen molar-refractivity contribution in [3.8, 4) is 0 Å². The predicted molar refractivity (Wildman–Crippen MR) is 62.9 cm³/mol. The number of rotatable bonds is 3. The average molecular weight is 214 g/mol. The van der Waals surface area contributed by atoms with Gasteiger partial charge in [-0.15, -0.1) is 0 Å². The highest BCUT2D eigenvalue weighted by Gasteiger charge is 2.52. The van der Waals surface area contributed by atoms with Crippen molar-refractivity contribution in [2.24, 2.45) is 5.92 Å². The van der Waals surface area contributed by atoms with Crippen LogP contribution in [0.5, 0.6) is 0 Å². The van der Waals surface area contributed by atoms with E-state index in [4.69, 9.17) is 4.74 Å². The molecule has 0 bridgehead atoms. The van der Waals surface area contributed by atoms with E-state index >= 15 is 0 Å². The molecule has 1 N–H and O–H groups in total. The standard InChI is InChI=1S/C13H26O2/c1-7-8-13(6,14)10-9-11(2,3)15-12(10,4)5/h10,14H,7-9H2,1-6H3. The molecule has 0 radical (unpaired) electrons. The summed E-state index contributed by atoms with van der Waals surface area (Å²) in [4.78, 5) is 0. The highest BCUT2D eigenvalue weighted by atomic mass is 16.5. The zero-order valence-electron chi connectivity index (χ0n) is 11.1. The van der Waals surface area contributed by atoms with Crippen molar-refractivity contribution in [2.45, 2.75) is 77.6 Å². The number of aliphatic hydroxyl groups is 1. The molecule has 0 aliphatic carbocycles. The summed E-state index contributed by atoms with van der Waals surface area (Å²) in [6.07, 6.45) is 2.80. The molecule has 1 aliphatic heterocycles. The van der Waals surface area contributed by atoms with Crippen LogP contribution in [0.1, 0.15) is 60.8 Å². The first kappa shape index (κ1) is 13.0. The van der Waals surface area contributed by atoms with Crippen LogP contribution in [-0.2, 0) is 4.74 Å². The smallest absolute Gasteiger partial charge is 0.0690 e. The van der Waals surface area contributed by atoms with Gasteiger partial charge in [0.05, 0.1) is 16.8 Å². The van der Waals surface area contributed by atoms with E-state index < -0.39 is 5.60 Å². The zero-order valence-corrected chi connectivity index (χ0v) is 11.1. The van der Waals surface area contributed by atoms with Crippen LogP contribution in [0.4, 0.5) is 0 Å². The normalized spacial score (nSPS) is 32.6. The summed E-state index contributed by atoms with van der Waals surface area (Å²) >= 11 is 0. The minimum absolute atomic E-state index is 0.105. The van der Waals surface area contributed by atoms with Crippen LogP contribution >= 0.6 is 0 Å². The summed E-state index contributed by atoms with van der Waals surface area (Å²) in [5, 5.41) is 10.5. The highest BCUT2D eigenvalue weighted by molar-refractivity contribution is 5.01. The third kappa shape index (κ3) is 2.73. The molecular weight excluding hydrogens is 188 g/mol. The zero-order chi connectivity index (χ0) is 11.9. The highest BCUT2D eigenvalue weighted by Crippen LogP contribution is 2.48. The second kappa shape index (κ2) is 3.74. The monoisotopic (exact) mass is 214 g/mol. The minimum atomic E-state index is -0.605. The first-order valence-electron chi connectivity index (χ1n) is 6.03. The molecule has 2 atom stereocenters. The van der Waals surface area contributed by atoms with Crippen molar-refractivity contribution in [1.29, 1.82) is 0 Å². The molecule has 0 aromatic carbocycles. The quantitative estimate of drug-likeness (QED) is 0.782. The Morgan fingerprint density at radius 3 is 2.20 bits per heavy atom. The van der Waals surface area contributed by atoms with E-state index in [1.807, 2.05) is 6.92 Å². The Balaban J connectivity index is 2.86. The van der Waals surface area contributed by atoms with Crippen molar-refractivity contribution >= 4 is 0 Å². The summed E-state index contributed by atoms with van der Waals surface area (Å²) in [6, 6.07) is 0. The summed E-state index contributed by atoms with van der Waals surface area (Å²) in [7, 11) is 0. The van der Waals surface area contributed by atoms with Crippen LogP contribution in [-0.4, -0.2) is 21.9 Å². The molecular formula is C13H26O2. The Morgan fingerprint density at radius 2 is 1.87 bits per heavy atom. The lowest BCUT2D eigenvalue weighted by atomic mass is 9.74. The van der Waals surface area contributed by atoms with Gasteiger partial charge < -0.3 is 9.84 Å². The lowest BCUT2D eigenvalue weighted by Crippen LogP contribution is -2.44.